The molecule has 3 aromatic carbocycles. The lowest BCUT2D eigenvalue weighted by molar-refractivity contribution is 0.406. The van der Waals surface area contributed by atoms with Gasteiger partial charge < -0.3 is 0 Å². The van der Waals surface area contributed by atoms with Gasteiger partial charge in [-0.15, -0.1) is 0 Å². The summed E-state index contributed by atoms with van der Waals surface area (Å²) in [5, 5.41) is 0. The second kappa shape index (κ2) is 5.69. The molecule has 0 aliphatic heterocycles. The summed E-state index contributed by atoms with van der Waals surface area (Å²) in [6.07, 6.45) is 2.54. The number of rotatable bonds is 1. The fraction of sp³-hybridized carbons (Fsp3) is 0.200. The van der Waals surface area contributed by atoms with E-state index in [2.05, 4.69) is 109 Å². The molecule has 0 heterocycles. The maximum Gasteiger partial charge on any atom is 0.0252 e. The number of allylic oxidation sites excluding steroid dienone is 1. The van der Waals surface area contributed by atoms with E-state index >= 15 is 0 Å². The molecule has 26 heavy (non-hydrogen) atoms. The summed E-state index contributed by atoms with van der Waals surface area (Å²) >= 11 is 3.67. The van der Waals surface area contributed by atoms with Gasteiger partial charge in [0.05, 0.1) is 0 Å². The number of fused-ring (bicyclic) bond motifs is 5. The fourth-order valence-electron chi connectivity index (χ4n) is 5.20. The van der Waals surface area contributed by atoms with E-state index in [1.165, 1.54) is 37.9 Å². The topological polar surface area (TPSA) is 0 Å². The Morgan fingerprint density at radius 3 is 2.38 bits per heavy atom. The molecule has 3 aromatic rings. The summed E-state index contributed by atoms with van der Waals surface area (Å²) in [5.41, 5.74) is 8.51. The molecule has 0 amide bonds. The molecule has 0 nitrogen and oxygen atoms in total. The highest BCUT2D eigenvalue weighted by molar-refractivity contribution is 9.10. The van der Waals surface area contributed by atoms with E-state index in [0.717, 1.165) is 0 Å². The Kier molecular flexibility index (Phi) is 3.52. The first-order chi connectivity index (χ1) is 12.6. The smallest absolute Gasteiger partial charge is 0.0252 e. The van der Waals surface area contributed by atoms with Crippen molar-refractivity contribution in [2.45, 2.75) is 25.2 Å². The van der Waals surface area contributed by atoms with Crippen LogP contribution in [-0.2, 0) is 5.41 Å². The second-order valence-electron chi connectivity index (χ2n) is 7.74. The molecule has 0 saturated heterocycles. The molecule has 5 rings (SSSR count). The molecule has 2 aliphatic carbocycles. The first-order valence-electron chi connectivity index (χ1n) is 9.28. The van der Waals surface area contributed by atoms with Crippen molar-refractivity contribution in [1.82, 2.24) is 0 Å². The normalized spacial score (nSPS) is 25.9. The molecule has 0 fully saturated rings. The molecule has 1 heteroatoms. The number of hydrogen-bond donors (Lipinski definition) is 0. The molecule has 3 atom stereocenters. The zero-order chi connectivity index (χ0) is 17.9. The summed E-state index contributed by atoms with van der Waals surface area (Å²) in [6.45, 7) is 4.82. The molecule has 0 spiro atoms. The standard InChI is InChI=1S/C25H21Br/c1-16-20-14-18(26)12-13-23(20)25(2)22-11-7-6-10-19(22)21(15-24(16)25)17-8-4-3-5-9-17/h3-16,24H,1-2H3/t16-,24+,25-/m1/s1. The van der Waals surface area contributed by atoms with Gasteiger partial charge in [0.2, 0.25) is 0 Å². The van der Waals surface area contributed by atoms with Crippen molar-refractivity contribution in [2.24, 2.45) is 5.92 Å². The number of benzene rings is 3. The van der Waals surface area contributed by atoms with Crippen molar-refractivity contribution < 1.29 is 0 Å². The third kappa shape index (κ3) is 2.07. The molecule has 2 aliphatic rings. The molecule has 128 valence electrons. The summed E-state index contributed by atoms with van der Waals surface area (Å²) in [6, 6.07) is 26.6. The minimum Gasteiger partial charge on any atom is -0.0711 e. The van der Waals surface area contributed by atoms with Crippen LogP contribution in [0.25, 0.3) is 5.57 Å². The van der Waals surface area contributed by atoms with Gasteiger partial charge in [0.25, 0.3) is 0 Å². The largest absolute Gasteiger partial charge is 0.0711 e. The van der Waals surface area contributed by atoms with Crippen molar-refractivity contribution in [1.29, 1.82) is 0 Å². The quantitative estimate of drug-likeness (QED) is 0.415. The van der Waals surface area contributed by atoms with Crippen LogP contribution in [0.3, 0.4) is 0 Å². The molecule has 0 bridgehead atoms. The SMILES string of the molecule is C[C@@H]1c2cc(Br)ccc2[C@@]2(C)c3ccccc3C(c3ccccc3)=C[C@@H]12. The van der Waals surface area contributed by atoms with Crippen LogP contribution in [0.2, 0.25) is 0 Å². The monoisotopic (exact) mass is 400 g/mol. The summed E-state index contributed by atoms with van der Waals surface area (Å²) in [5.74, 6) is 0.969. The van der Waals surface area contributed by atoms with Gasteiger partial charge in [0.15, 0.2) is 0 Å². The molecule has 0 unspecified atom stereocenters. The lowest BCUT2D eigenvalue weighted by Crippen LogP contribution is -2.33. The maximum atomic E-state index is 3.67. The first-order valence-corrected chi connectivity index (χ1v) is 10.1. The minimum atomic E-state index is 0.0321. The first kappa shape index (κ1) is 16.1. The van der Waals surface area contributed by atoms with Gasteiger partial charge in [-0.3, -0.25) is 0 Å². The lowest BCUT2D eigenvalue weighted by Gasteiger charge is -2.39. The van der Waals surface area contributed by atoms with Crippen molar-refractivity contribution in [2.75, 3.05) is 0 Å². The van der Waals surface area contributed by atoms with Gasteiger partial charge in [-0.2, -0.15) is 0 Å². The molecule has 0 N–H and O–H groups in total. The van der Waals surface area contributed by atoms with E-state index in [0.29, 0.717) is 11.8 Å². The fourth-order valence-corrected chi connectivity index (χ4v) is 5.58. The van der Waals surface area contributed by atoms with Crippen LogP contribution < -0.4 is 0 Å². The van der Waals surface area contributed by atoms with Crippen molar-refractivity contribution in [3.63, 3.8) is 0 Å². The highest BCUT2D eigenvalue weighted by Gasteiger charge is 2.50. The van der Waals surface area contributed by atoms with Crippen LogP contribution in [0.1, 0.15) is 47.6 Å². The minimum absolute atomic E-state index is 0.0321. The summed E-state index contributed by atoms with van der Waals surface area (Å²) in [7, 11) is 0. The van der Waals surface area contributed by atoms with Gasteiger partial charge >= 0.3 is 0 Å². The van der Waals surface area contributed by atoms with E-state index in [9.17, 15) is 0 Å². The molecular formula is C25H21Br. The molecule has 0 radical (unpaired) electrons. The van der Waals surface area contributed by atoms with E-state index in [4.69, 9.17) is 0 Å². The number of halogens is 1. The van der Waals surface area contributed by atoms with Crippen LogP contribution >= 0.6 is 15.9 Å². The summed E-state index contributed by atoms with van der Waals surface area (Å²) < 4.78 is 1.17. The zero-order valence-corrected chi connectivity index (χ0v) is 16.6. The van der Waals surface area contributed by atoms with Crippen molar-refractivity contribution in [3.05, 3.63) is 111 Å². The second-order valence-corrected chi connectivity index (χ2v) is 8.66. The van der Waals surface area contributed by atoms with Crippen LogP contribution in [-0.4, -0.2) is 0 Å². The summed E-state index contributed by atoms with van der Waals surface area (Å²) in [4.78, 5) is 0. The maximum absolute atomic E-state index is 3.67. The Morgan fingerprint density at radius 2 is 1.58 bits per heavy atom. The third-order valence-corrected chi connectivity index (χ3v) is 6.97. The van der Waals surface area contributed by atoms with E-state index in [-0.39, 0.29) is 5.41 Å². The zero-order valence-electron chi connectivity index (χ0n) is 15.0. The van der Waals surface area contributed by atoms with Gasteiger partial charge in [-0.25, -0.2) is 0 Å². The van der Waals surface area contributed by atoms with Crippen molar-refractivity contribution >= 4 is 21.5 Å². The highest BCUT2D eigenvalue weighted by atomic mass is 79.9. The molecular weight excluding hydrogens is 380 g/mol. The van der Waals surface area contributed by atoms with E-state index in [1.54, 1.807) is 0 Å². The predicted octanol–water partition coefficient (Wildman–Crippen LogP) is 6.93. The van der Waals surface area contributed by atoms with Crippen molar-refractivity contribution in [3.8, 4) is 0 Å². The predicted molar refractivity (Wildman–Crippen MR) is 112 cm³/mol. The molecule has 0 aromatic heterocycles. The van der Waals surface area contributed by atoms with Gasteiger partial charge in [-0.1, -0.05) is 96.5 Å². The average molecular weight is 401 g/mol. The third-order valence-electron chi connectivity index (χ3n) is 6.48. The number of hydrogen-bond acceptors (Lipinski definition) is 0. The lowest BCUT2D eigenvalue weighted by atomic mass is 9.63. The van der Waals surface area contributed by atoms with Crippen LogP contribution in [0.15, 0.2) is 83.3 Å². The van der Waals surface area contributed by atoms with E-state index < -0.39 is 0 Å². The molecule has 0 saturated carbocycles. The van der Waals surface area contributed by atoms with Crippen LogP contribution in [0.5, 0.6) is 0 Å². The Bertz CT molecular complexity index is 1030. The van der Waals surface area contributed by atoms with E-state index in [1.807, 2.05) is 0 Å². The van der Waals surface area contributed by atoms with Crippen LogP contribution in [0, 0.1) is 5.92 Å². The Balaban J connectivity index is 1.81. The highest BCUT2D eigenvalue weighted by Crippen LogP contribution is 2.59. The van der Waals surface area contributed by atoms with Crippen LogP contribution in [0.4, 0.5) is 0 Å². The Hall–Kier alpha value is -2.12. The Morgan fingerprint density at radius 1 is 0.846 bits per heavy atom. The van der Waals surface area contributed by atoms with Gasteiger partial charge in [0, 0.05) is 9.89 Å². The van der Waals surface area contributed by atoms with Gasteiger partial charge in [0.1, 0.15) is 0 Å². The average Bonchev–Trinajstić information content (AvgIpc) is 2.89. The van der Waals surface area contributed by atoms with Gasteiger partial charge in [-0.05, 0) is 57.4 Å². The Labute approximate surface area is 163 Å².